The van der Waals surface area contributed by atoms with Crippen molar-refractivity contribution in [2.45, 2.75) is 17.9 Å². The number of nitrogens with one attached hydrogen (secondary N) is 1. The van der Waals surface area contributed by atoms with Crippen molar-refractivity contribution in [1.82, 2.24) is 0 Å². The second-order valence-electron chi connectivity index (χ2n) is 4.62. The maximum atomic E-state index is 13.5. The van der Waals surface area contributed by atoms with Crippen molar-refractivity contribution in [2.24, 2.45) is 0 Å². The molecule has 1 aromatic heterocycles. The van der Waals surface area contributed by atoms with E-state index in [9.17, 15) is 14.0 Å². The number of hydrogen-bond donors (Lipinski definition) is 1. The average molecular weight is 364 g/mol. The predicted molar refractivity (Wildman–Crippen MR) is 90.3 cm³/mol. The van der Waals surface area contributed by atoms with Crippen LogP contribution in [0.1, 0.15) is 12.5 Å². The van der Waals surface area contributed by atoms with Crippen LogP contribution in [0.25, 0.3) is 0 Å². The predicted octanol–water partition coefficient (Wildman–Crippen LogP) is 3.42. The first-order valence-electron chi connectivity index (χ1n) is 6.86. The van der Waals surface area contributed by atoms with E-state index in [2.05, 4.69) is 5.32 Å². The molecule has 2 aromatic rings. The van der Waals surface area contributed by atoms with Gasteiger partial charge in [0.2, 0.25) is 0 Å². The monoisotopic (exact) mass is 364 g/mol. The van der Waals surface area contributed by atoms with Crippen LogP contribution in [-0.4, -0.2) is 23.7 Å². The average Bonchev–Trinajstić information content (AvgIpc) is 3.01. The van der Waals surface area contributed by atoms with Gasteiger partial charge in [-0.2, -0.15) is 5.26 Å². The molecule has 0 saturated carbocycles. The zero-order chi connectivity index (χ0) is 17.5. The Morgan fingerprint density at radius 2 is 2.17 bits per heavy atom. The highest BCUT2D eigenvalue weighted by molar-refractivity contribution is 8.00. The van der Waals surface area contributed by atoms with Gasteiger partial charge in [-0.15, -0.1) is 23.1 Å². The summed E-state index contributed by atoms with van der Waals surface area (Å²) in [4.78, 5) is 24.1. The Morgan fingerprint density at radius 1 is 1.42 bits per heavy atom. The van der Waals surface area contributed by atoms with Gasteiger partial charge in [0.15, 0.2) is 6.10 Å². The summed E-state index contributed by atoms with van der Waals surface area (Å²) in [5.41, 5.74) is 0.349. The Morgan fingerprint density at radius 3 is 2.88 bits per heavy atom. The molecule has 0 fully saturated rings. The lowest BCUT2D eigenvalue weighted by Crippen LogP contribution is -2.30. The van der Waals surface area contributed by atoms with E-state index in [0.717, 1.165) is 11.8 Å². The molecule has 1 N–H and O–H groups in total. The molecular weight excluding hydrogens is 351 g/mol. The number of hydrogen-bond acceptors (Lipinski definition) is 6. The normalized spacial score (nSPS) is 11.4. The molecule has 0 saturated heterocycles. The van der Waals surface area contributed by atoms with Crippen molar-refractivity contribution in [3.63, 3.8) is 0 Å². The number of nitriles is 1. The van der Waals surface area contributed by atoms with E-state index < -0.39 is 23.8 Å². The molecule has 0 unspecified atom stereocenters. The lowest BCUT2D eigenvalue weighted by molar-refractivity contribution is -0.150. The Labute approximate surface area is 146 Å². The zero-order valence-electron chi connectivity index (χ0n) is 12.6. The van der Waals surface area contributed by atoms with E-state index in [1.165, 1.54) is 24.3 Å². The van der Waals surface area contributed by atoms with Crippen LogP contribution >= 0.6 is 23.1 Å². The Balaban J connectivity index is 1.84. The van der Waals surface area contributed by atoms with Crippen molar-refractivity contribution in [2.75, 3.05) is 11.1 Å². The summed E-state index contributed by atoms with van der Waals surface area (Å²) < 4.78 is 18.5. The van der Waals surface area contributed by atoms with Crippen molar-refractivity contribution in [1.29, 1.82) is 5.26 Å². The van der Waals surface area contributed by atoms with Crippen LogP contribution in [0.4, 0.5) is 9.39 Å². The summed E-state index contributed by atoms with van der Waals surface area (Å²) in [6, 6.07) is 9.63. The molecule has 0 aliphatic carbocycles. The quantitative estimate of drug-likeness (QED) is 0.628. The highest BCUT2D eigenvalue weighted by Gasteiger charge is 2.19. The van der Waals surface area contributed by atoms with Gasteiger partial charge in [-0.3, -0.25) is 9.59 Å². The SMILES string of the molecule is C[C@@H](OC(=O)CSc1ccccc1F)C(=O)Nc1sccc1C#N. The number of carbonyl (C=O) groups excluding carboxylic acids is 2. The lowest BCUT2D eigenvalue weighted by atomic mass is 10.3. The van der Waals surface area contributed by atoms with Gasteiger partial charge in [-0.1, -0.05) is 12.1 Å². The zero-order valence-corrected chi connectivity index (χ0v) is 14.2. The summed E-state index contributed by atoms with van der Waals surface area (Å²) in [7, 11) is 0. The fourth-order valence-electron chi connectivity index (χ4n) is 1.69. The first-order chi connectivity index (χ1) is 11.5. The van der Waals surface area contributed by atoms with Gasteiger partial charge in [0.1, 0.15) is 16.9 Å². The van der Waals surface area contributed by atoms with Gasteiger partial charge in [-0.25, -0.2) is 4.39 Å². The van der Waals surface area contributed by atoms with E-state index >= 15 is 0 Å². The molecule has 0 radical (unpaired) electrons. The minimum Gasteiger partial charge on any atom is -0.452 e. The number of anilines is 1. The van der Waals surface area contributed by atoms with Crippen LogP contribution in [0, 0.1) is 17.1 Å². The van der Waals surface area contributed by atoms with Crippen molar-refractivity contribution >= 4 is 40.0 Å². The fraction of sp³-hybridized carbons (Fsp3) is 0.188. The minimum atomic E-state index is -1.02. The van der Waals surface area contributed by atoms with Gasteiger partial charge in [0, 0.05) is 4.90 Å². The number of esters is 1. The van der Waals surface area contributed by atoms with E-state index in [0.29, 0.717) is 15.5 Å². The van der Waals surface area contributed by atoms with Crippen molar-refractivity contribution < 1.29 is 18.7 Å². The highest BCUT2D eigenvalue weighted by Crippen LogP contribution is 2.23. The maximum absolute atomic E-state index is 13.5. The number of thiophene rings is 1. The fourth-order valence-corrected chi connectivity index (χ4v) is 3.15. The van der Waals surface area contributed by atoms with Crippen molar-refractivity contribution in [3.8, 4) is 6.07 Å². The second-order valence-corrected chi connectivity index (χ2v) is 6.55. The Bertz CT molecular complexity index is 786. The molecule has 2 rings (SSSR count). The molecule has 0 aliphatic rings. The van der Waals surface area contributed by atoms with Crippen LogP contribution < -0.4 is 5.32 Å². The van der Waals surface area contributed by atoms with Gasteiger partial charge >= 0.3 is 5.97 Å². The molecule has 5 nitrogen and oxygen atoms in total. The molecule has 0 spiro atoms. The summed E-state index contributed by atoms with van der Waals surface area (Å²) in [6.07, 6.45) is -1.02. The summed E-state index contributed by atoms with van der Waals surface area (Å²) in [5.74, 6) is -1.68. The standard InChI is InChI=1S/C16H13FN2O3S2/c1-10(15(21)19-16-11(8-18)6-7-23-16)22-14(20)9-24-13-5-3-2-4-12(13)17/h2-7,10H,9H2,1H3,(H,19,21)/t10-/m1/s1. The molecule has 124 valence electrons. The number of benzene rings is 1. The molecule has 1 heterocycles. The second kappa shape index (κ2) is 8.47. The maximum Gasteiger partial charge on any atom is 0.317 e. The lowest BCUT2D eigenvalue weighted by Gasteiger charge is -2.13. The smallest absolute Gasteiger partial charge is 0.317 e. The third kappa shape index (κ3) is 4.81. The first kappa shape index (κ1) is 18.0. The number of rotatable bonds is 6. The molecule has 24 heavy (non-hydrogen) atoms. The van der Waals surface area contributed by atoms with Crippen LogP contribution in [0.5, 0.6) is 0 Å². The molecule has 1 atom stereocenters. The summed E-state index contributed by atoms with van der Waals surface area (Å²) in [5, 5.41) is 13.5. The minimum absolute atomic E-state index is 0.110. The largest absolute Gasteiger partial charge is 0.452 e. The molecular formula is C16H13FN2O3S2. The number of halogens is 1. The molecule has 1 aromatic carbocycles. The van der Waals surface area contributed by atoms with E-state index in [1.54, 1.807) is 29.6 Å². The molecule has 1 amide bonds. The van der Waals surface area contributed by atoms with Gasteiger partial charge in [0.25, 0.3) is 5.91 Å². The molecule has 0 aliphatic heterocycles. The first-order valence-corrected chi connectivity index (χ1v) is 8.73. The van der Waals surface area contributed by atoms with Gasteiger partial charge in [0.05, 0.1) is 11.3 Å². The number of nitrogens with zero attached hydrogens (tertiary/aromatic N) is 1. The summed E-state index contributed by atoms with van der Waals surface area (Å²) in [6.45, 7) is 1.43. The van der Waals surface area contributed by atoms with E-state index in [4.69, 9.17) is 10.00 Å². The highest BCUT2D eigenvalue weighted by atomic mass is 32.2. The van der Waals surface area contributed by atoms with Crippen molar-refractivity contribution in [3.05, 3.63) is 47.1 Å². The van der Waals surface area contributed by atoms with Crippen LogP contribution in [0.3, 0.4) is 0 Å². The topological polar surface area (TPSA) is 79.2 Å². The third-order valence-electron chi connectivity index (χ3n) is 2.88. The van der Waals surface area contributed by atoms with Crippen LogP contribution in [0.2, 0.25) is 0 Å². The number of carbonyl (C=O) groups is 2. The number of amides is 1. The third-order valence-corrected chi connectivity index (χ3v) is 4.73. The van der Waals surface area contributed by atoms with Crippen LogP contribution in [0.15, 0.2) is 40.6 Å². The number of ether oxygens (including phenoxy) is 1. The van der Waals surface area contributed by atoms with E-state index in [-0.39, 0.29) is 5.75 Å². The Hall–Kier alpha value is -2.37. The van der Waals surface area contributed by atoms with Gasteiger partial charge < -0.3 is 10.1 Å². The number of thioether (sulfide) groups is 1. The Kier molecular flexibility index (Phi) is 6.35. The van der Waals surface area contributed by atoms with Gasteiger partial charge in [-0.05, 0) is 30.5 Å². The molecule has 8 heteroatoms. The molecule has 0 bridgehead atoms. The summed E-state index contributed by atoms with van der Waals surface area (Å²) >= 11 is 2.21. The van der Waals surface area contributed by atoms with E-state index in [1.807, 2.05) is 6.07 Å². The van der Waals surface area contributed by atoms with Crippen LogP contribution in [-0.2, 0) is 14.3 Å².